The number of hydrogen-bond donors (Lipinski definition) is 0. The van der Waals surface area contributed by atoms with Crippen LogP contribution >= 0.6 is 11.6 Å². The lowest BCUT2D eigenvalue weighted by atomic mass is 10.1. The number of carbonyl (C=O) groups excluding carboxylic acids is 3. The van der Waals surface area contributed by atoms with E-state index in [4.69, 9.17) is 11.6 Å². The van der Waals surface area contributed by atoms with Crippen molar-refractivity contribution in [3.63, 3.8) is 0 Å². The minimum Gasteiger partial charge on any atom is -0.295 e. The minimum absolute atomic E-state index is 0.0143. The van der Waals surface area contributed by atoms with E-state index in [0.29, 0.717) is 23.9 Å². The number of nitro benzene ring substituents is 1. The quantitative estimate of drug-likeness (QED) is 0.389. The number of fused-ring (bicyclic) bond motifs is 1. The number of nitro groups is 1. The number of amides is 3. The van der Waals surface area contributed by atoms with Crippen molar-refractivity contribution in [3.05, 3.63) is 74.3 Å². The number of benzene rings is 2. The van der Waals surface area contributed by atoms with Gasteiger partial charge in [0.25, 0.3) is 17.5 Å². The van der Waals surface area contributed by atoms with Gasteiger partial charge in [-0.05, 0) is 24.6 Å². The summed E-state index contributed by atoms with van der Waals surface area (Å²) in [5.74, 6) is -0.702. The Morgan fingerprint density at radius 1 is 1.13 bits per heavy atom. The summed E-state index contributed by atoms with van der Waals surface area (Å²) in [6, 6.07) is 10.7. The van der Waals surface area contributed by atoms with Crippen molar-refractivity contribution in [1.29, 1.82) is 0 Å². The molecule has 0 saturated heterocycles. The summed E-state index contributed by atoms with van der Waals surface area (Å²) < 4.78 is 0. The van der Waals surface area contributed by atoms with Crippen LogP contribution in [0.3, 0.4) is 0 Å². The Bertz CT molecular complexity index is 1150. The van der Waals surface area contributed by atoms with Gasteiger partial charge in [-0.3, -0.25) is 39.3 Å². The Balaban J connectivity index is 1.39. The molecule has 0 unspecified atom stereocenters. The molecule has 2 aliphatic rings. The van der Waals surface area contributed by atoms with E-state index in [1.165, 1.54) is 12.1 Å². The molecule has 2 aliphatic heterocycles. The van der Waals surface area contributed by atoms with Gasteiger partial charge in [0.05, 0.1) is 22.6 Å². The summed E-state index contributed by atoms with van der Waals surface area (Å²) in [5.41, 5.74) is 0.649. The van der Waals surface area contributed by atoms with E-state index < -0.39 is 16.7 Å². The van der Waals surface area contributed by atoms with Crippen LogP contribution in [-0.2, 0) is 4.79 Å². The van der Waals surface area contributed by atoms with E-state index in [0.717, 1.165) is 16.5 Å². The minimum atomic E-state index is -0.617. The number of halogens is 1. The first-order valence-corrected chi connectivity index (χ1v) is 10.00. The van der Waals surface area contributed by atoms with Crippen molar-refractivity contribution < 1.29 is 19.3 Å². The molecule has 0 radical (unpaired) electrons. The lowest BCUT2D eigenvalue weighted by Gasteiger charge is -2.19. The maximum atomic E-state index is 12.7. The Morgan fingerprint density at radius 2 is 1.90 bits per heavy atom. The van der Waals surface area contributed by atoms with Crippen molar-refractivity contribution in [2.75, 3.05) is 19.6 Å². The molecule has 2 aromatic carbocycles. The molecule has 158 valence electrons. The Kier molecular flexibility index (Phi) is 5.51. The van der Waals surface area contributed by atoms with Crippen LogP contribution < -0.4 is 0 Å². The van der Waals surface area contributed by atoms with Crippen LogP contribution in [0.2, 0.25) is 5.02 Å². The SMILES string of the molecule is O=C(CCCN1C(=O)c2ccc([N+](=O)[O-])cc2C1=O)N1CCN=C1c1cccc(Cl)c1. The fourth-order valence-electron chi connectivity index (χ4n) is 3.68. The van der Waals surface area contributed by atoms with Crippen LogP contribution in [-0.4, -0.2) is 57.9 Å². The molecule has 0 bridgehead atoms. The Morgan fingerprint density at radius 3 is 2.65 bits per heavy atom. The number of imide groups is 1. The molecule has 0 aromatic heterocycles. The molecule has 0 atom stereocenters. The molecule has 0 aliphatic carbocycles. The molecular weight excluding hydrogens is 424 g/mol. The number of nitrogens with zero attached hydrogens (tertiary/aromatic N) is 4. The molecule has 2 aromatic rings. The highest BCUT2D eigenvalue weighted by Crippen LogP contribution is 2.27. The number of hydrogen-bond acceptors (Lipinski definition) is 6. The molecular formula is C21H17ClN4O5. The molecule has 10 heteroatoms. The van der Waals surface area contributed by atoms with Crippen LogP contribution in [0.15, 0.2) is 47.5 Å². The number of carbonyl (C=O) groups is 3. The maximum Gasteiger partial charge on any atom is 0.270 e. The summed E-state index contributed by atoms with van der Waals surface area (Å²) >= 11 is 6.03. The smallest absolute Gasteiger partial charge is 0.270 e. The fourth-order valence-corrected chi connectivity index (χ4v) is 3.87. The first-order chi connectivity index (χ1) is 14.9. The zero-order chi connectivity index (χ0) is 22.1. The van der Waals surface area contributed by atoms with Gasteiger partial charge in [0.1, 0.15) is 5.84 Å². The van der Waals surface area contributed by atoms with Gasteiger partial charge in [0.15, 0.2) is 0 Å². The molecule has 3 amide bonds. The summed E-state index contributed by atoms with van der Waals surface area (Å²) in [7, 11) is 0. The largest absolute Gasteiger partial charge is 0.295 e. The average Bonchev–Trinajstić information content (AvgIpc) is 3.33. The fraction of sp³-hybridized carbons (Fsp3) is 0.238. The van der Waals surface area contributed by atoms with Crippen molar-refractivity contribution in [2.45, 2.75) is 12.8 Å². The summed E-state index contributed by atoms with van der Waals surface area (Å²) in [6.45, 7) is 0.992. The summed E-state index contributed by atoms with van der Waals surface area (Å²) in [6.07, 6.45) is 0.388. The van der Waals surface area contributed by atoms with Crippen molar-refractivity contribution in [1.82, 2.24) is 9.80 Å². The molecule has 0 spiro atoms. The highest BCUT2D eigenvalue weighted by molar-refractivity contribution is 6.31. The number of amidine groups is 1. The van der Waals surface area contributed by atoms with Gasteiger partial charge >= 0.3 is 0 Å². The molecule has 0 fully saturated rings. The Labute approximate surface area is 182 Å². The van der Waals surface area contributed by atoms with E-state index in [-0.39, 0.29) is 42.1 Å². The third-order valence-electron chi connectivity index (χ3n) is 5.16. The van der Waals surface area contributed by atoms with Gasteiger partial charge in [-0.2, -0.15) is 0 Å². The van der Waals surface area contributed by atoms with Crippen LogP contribution in [0, 0.1) is 10.1 Å². The van der Waals surface area contributed by atoms with Gasteiger partial charge < -0.3 is 0 Å². The molecule has 31 heavy (non-hydrogen) atoms. The zero-order valence-corrected chi connectivity index (χ0v) is 17.0. The molecule has 2 heterocycles. The number of rotatable bonds is 6. The average molecular weight is 441 g/mol. The maximum absolute atomic E-state index is 12.7. The number of non-ortho nitro benzene ring substituents is 1. The normalized spacial score (nSPS) is 15.3. The van der Waals surface area contributed by atoms with E-state index in [2.05, 4.69) is 4.99 Å². The summed E-state index contributed by atoms with van der Waals surface area (Å²) in [4.78, 5) is 55.1. The molecule has 9 nitrogen and oxygen atoms in total. The molecule has 0 saturated carbocycles. The predicted molar refractivity (Wildman–Crippen MR) is 112 cm³/mol. The lowest BCUT2D eigenvalue weighted by molar-refractivity contribution is -0.384. The third kappa shape index (κ3) is 3.91. The van der Waals surface area contributed by atoms with Gasteiger partial charge in [0, 0.05) is 42.2 Å². The van der Waals surface area contributed by atoms with Crippen molar-refractivity contribution >= 4 is 40.8 Å². The predicted octanol–water partition coefficient (Wildman–Crippen LogP) is 2.91. The Hall–Kier alpha value is -3.59. The van der Waals surface area contributed by atoms with Crippen molar-refractivity contribution in [3.8, 4) is 0 Å². The van der Waals surface area contributed by atoms with Crippen LogP contribution in [0.4, 0.5) is 5.69 Å². The monoisotopic (exact) mass is 440 g/mol. The summed E-state index contributed by atoms with van der Waals surface area (Å²) in [5, 5.41) is 11.5. The third-order valence-corrected chi connectivity index (χ3v) is 5.40. The van der Waals surface area contributed by atoms with Gasteiger partial charge in [-0.25, -0.2) is 0 Å². The zero-order valence-electron chi connectivity index (χ0n) is 16.3. The van der Waals surface area contributed by atoms with Crippen molar-refractivity contribution in [2.24, 2.45) is 4.99 Å². The van der Waals surface area contributed by atoms with E-state index >= 15 is 0 Å². The second kappa shape index (κ2) is 8.27. The highest BCUT2D eigenvalue weighted by Gasteiger charge is 2.36. The van der Waals surface area contributed by atoms with Crippen LogP contribution in [0.5, 0.6) is 0 Å². The van der Waals surface area contributed by atoms with Crippen LogP contribution in [0.25, 0.3) is 0 Å². The standard InChI is InChI=1S/C21H17ClN4O5/c22-14-4-1-3-13(11-14)19-23-8-10-24(19)18(27)5-2-9-25-20(28)16-7-6-15(26(30)31)12-17(16)21(25)29/h1,3-4,6-7,11-12H,2,5,8-10H2. The van der Waals surface area contributed by atoms with E-state index in [1.807, 2.05) is 6.07 Å². The van der Waals surface area contributed by atoms with Gasteiger partial charge in [0.2, 0.25) is 5.91 Å². The first-order valence-electron chi connectivity index (χ1n) is 9.62. The highest BCUT2D eigenvalue weighted by atomic mass is 35.5. The second-order valence-corrected chi connectivity index (χ2v) is 7.55. The van der Waals surface area contributed by atoms with Gasteiger partial charge in [-0.15, -0.1) is 0 Å². The molecule has 4 rings (SSSR count). The number of aliphatic imine (C=N–C) groups is 1. The van der Waals surface area contributed by atoms with E-state index in [9.17, 15) is 24.5 Å². The lowest BCUT2D eigenvalue weighted by Crippen LogP contribution is -2.36. The first kappa shape index (κ1) is 20.7. The van der Waals surface area contributed by atoms with E-state index in [1.54, 1.807) is 23.1 Å². The van der Waals surface area contributed by atoms with Crippen LogP contribution in [0.1, 0.15) is 39.1 Å². The second-order valence-electron chi connectivity index (χ2n) is 7.11. The topological polar surface area (TPSA) is 113 Å². The molecule has 0 N–H and O–H groups in total. The van der Waals surface area contributed by atoms with Gasteiger partial charge in [-0.1, -0.05) is 23.7 Å².